The van der Waals surface area contributed by atoms with Gasteiger partial charge in [-0.3, -0.25) is 0 Å². The Morgan fingerprint density at radius 1 is 1.28 bits per heavy atom. The highest BCUT2D eigenvalue weighted by atomic mass is 16.3. The van der Waals surface area contributed by atoms with E-state index < -0.39 is 0 Å². The second-order valence-electron chi connectivity index (χ2n) is 8.86. The molecule has 3 heterocycles. The van der Waals surface area contributed by atoms with Crippen LogP contribution in [-0.4, -0.2) is 47.9 Å². The van der Waals surface area contributed by atoms with Gasteiger partial charge in [-0.2, -0.15) is 0 Å². The highest BCUT2D eigenvalue weighted by Crippen LogP contribution is 2.47. The summed E-state index contributed by atoms with van der Waals surface area (Å²) in [5.74, 6) is 1.74. The predicted octanol–water partition coefficient (Wildman–Crippen LogP) is 2.57. The third kappa shape index (κ3) is 3.19. The molecule has 1 unspecified atom stereocenters. The fourth-order valence-electron chi connectivity index (χ4n) is 5.62. The minimum absolute atomic E-state index is 0.176. The first-order chi connectivity index (χ1) is 14.2. The lowest BCUT2D eigenvalue weighted by atomic mass is 9.72. The number of anilines is 2. The van der Waals surface area contributed by atoms with Gasteiger partial charge in [0.25, 0.3) is 0 Å². The Balaban J connectivity index is 1.38. The Morgan fingerprint density at radius 3 is 2.97 bits per heavy atom. The van der Waals surface area contributed by atoms with Crippen molar-refractivity contribution in [2.45, 2.75) is 50.5 Å². The zero-order valence-electron chi connectivity index (χ0n) is 17.2. The summed E-state index contributed by atoms with van der Waals surface area (Å²) in [7, 11) is 0. The van der Waals surface area contributed by atoms with Gasteiger partial charge in [0.2, 0.25) is 0 Å². The molecule has 1 fully saturated rings. The van der Waals surface area contributed by atoms with Crippen molar-refractivity contribution < 1.29 is 5.11 Å². The summed E-state index contributed by atoms with van der Waals surface area (Å²) in [4.78, 5) is 11.8. The number of aromatic nitrogens is 2. The van der Waals surface area contributed by atoms with E-state index in [4.69, 9.17) is 10.1 Å². The molecule has 1 aromatic heterocycles. The van der Waals surface area contributed by atoms with Crippen LogP contribution in [0.3, 0.4) is 0 Å². The molecule has 0 radical (unpaired) electrons. The van der Waals surface area contributed by atoms with Gasteiger partial charge in [-0.25, -0.2) is 9.97 Å². The number of rotatable bonds is 5. The van der Waals surface area contributed by atoms with Crippen molar-refractivity contribution in [3.05, 3.63) is 46.9 Å². The molecule has 0 saturated carbocycles. The van der Waals surface area contributed by atoms with Crippen molar-refractivity contribution in [1.29, 1.82) is 0 Å². The SMILES string of the molecule is CC1CCc2ncnc(N3CCC4(CC3)CNc3cccc(CNCCO)c34)c21. The normalized spacial score (nSPS) is 21.9. The summed E-state index contributed by atoms with van der Waals surface area (Å²) < 4.78 is 0. The number of piperidine rings is 1. The molecule has 6 nitrogen and oxygen atoms in total. The minimum Gasteiger partial charge on any atom is -0.395 e. The van der Waals surface area contributed by atoms with E-state index in [1.165, 1.54) is 40.3 Å². The van der Waals surface area contributed by atoms with E-state index in [2.05, 4.69) is 45.6 Å². The fraction of sp³-hybridized carbons (Fsp3) is 0.565. The Labute approximate surface area is 172 Å². The van der Waals surface area contributed by atoms with Crippen molar-refractivity contribution in [3.8, 4) is 0 Å². The maximum atomic E-state index is 9.11. The molecule has 154 valence electrons. The number of hydrogen-bond donors (Lipinski definition) is 3. The molecule has 0 amide bonds. The van der Waals surface area contributed by atoms with E-state index in [0.29, 0.717) is 12.5 Å². The van der Waals surface area contributed by atoms with Gasteiger partial charge in [0, 0.05) is 55.1 Å². The first-order valence-corrected chi connectivity index (χ1v) is 11.0. The smallest absolute Gasteiger partial charge is 0.135 e. The number of nitrogens with zero attached hydrogens (tertiary/aromatic N) is 3. The summed E-state index contributed by atoms with van der Waals surface area (Å²) in [6.45, 7) is 7.03. The lowest BCUT2D eigenvalue weighted by Crippen LogP contribution is -2.45. The number of aryl methyl sites for hydroxylation is 1. The number of fused-ring (bicyclic) bond motifs is 3. The number of hydrogen-bond acceptors (Lipinski definition) is 6. The summed E-state index contributed by atoms with van der Waals surface area (Å²) in [5, 5.41) is 16.2. The third-order valence-corrected chi connectivity index (χ3v) is 7.17. The maximum Gasteiger partial charge on any atom is 0.135 e. The molecule has 1 spiro atoms. The Hall–Kier alpha value is -2.18. The zero-order valence-corrected chi connectivity index (χ0v) is 17.2. The van der Waals surface area contributed by atoms with Crippen LogP contribution in [0.4, 0.5) is 11.5 Å². The zero-order chi connectivity index (χ0) is 19.8. The van der Waals surface area contributed by atoms with E-state index >= 15 is 0 Å². The Kier molecular flexibility index (Phi) is 4.92. The fourth-order valence-corrected chi connectivity index (χ4v) is 5.62. The molecule has 0 bridgehead atoms. The molecule has 29 heavy (non-hydrogen) atoms. The lowest BCUT2D eigenvalue weighted by molar-refractivity contribution is 0.291. The van der Waals surface area contributed by atoms with Crippen molar-refractivity contribution in [3.63, 3.8) is 0 Å². The first kappa shape index (κ1) is 18.8. The molecule has 1 aromatic carbocycles. The standard InChI is InChI=1S/C23H31N5O/c1-16-5-6-18-20(16)22(27-15-26-18)28-10-7-23(8-11-28)14-25-19-4-2-3-17(21(19)23)13-24-9-12-29/h2-4,15-16,24-25,29H,5-14H2,1H3. The molecule has 3 N–H and O–H groups in total. The summed E-state index contributed by atoms with van der Waals surface area (Å²) in [6.07, 6.45) is 6.31. The number of benzene rings is 1. The molecule has 6 heteroatoms. The molecule has 1 saturated heterocycles. The van der Waals surface area contributed by atoms with E-state index in [1.807, 2.05) is 0 Å². The van der Waals surface area contributed by atoms with E-state index in [1.54, 1.807) is 6.33 Å². The highest BCUT2D eigenvalue weighted by molar-refractivity contribution is 5.64. The minimum atomic E-state index is 0.176. The lowest BCUT2D eigenvalue weighted by Gasteiger charge is -2.41. The van der Waals surface area contributed by atoms with Crippen LogP contribution in [0.2, 0.25) is 0 Å². The largest absolute Gasteiger partial charge is 0.395 e. The van der Waals surface area contributed by atoms with Crippen molar-refractivity contribution in [2.75, 3.05) is 43.0 Å². The van der Waals surface area contributed by atoms with Crippen molar-refractivity contribution >= 4 is 11.5 Å². The van der Waals surface area contributed by atoms with Gasteiger partial charge in [0.15, 0.2) is 0 Å². The Bertz CT molecular complexity index is 891. The third-order valence-electron chi connectivity index (χ3n) is 7.17. The van der Waals surface area contributed by atoms with Gasteiger partial charge in [0.1, 0.15) is 12.1 Å². The van der Waals surface area contributed by atoms with Crippen LogP contribution in [0.1, 0.15) is 54.5 Å². The van der Waals surface area contributed by atoms with Crippen LogP contribution in [0.25, 0.3) is 0 Å². The quantitative estimate of drug-likeness (QED) is 0.678. The van der Waals surface area contributed by atoms with Crippen LogP contribution in [0.5, 0.6) is 0 Å². The van der Waals surface area contributed by atoms with Crippen LogP contribution in [-0.2, 0) is 18.4 Å². The monoisotopic (exact) mass is 393 g/mol. The molecule has 1 aliphatic carbocycles. The Morgan fingerprint density at radius 2 is 2.14 bits per heavy atom. The molecule has 3 aliphatic rings. The van der Waals surface area contributed by atoms with E-state index in [-0.39, 0.29) is 12.0 Å². The van der Waals surface area contributed by atoms with Crippen molar-refractivity contribution in [1.82, 2.24) is 15.3 Å². The summed E-state index contributed by atoms with van der Waals surface area (Å²) >= 11 is 0. The molecule has 5 rings (SSSR count). The molecule has 2 aromatic rings. The number of nitrogens with one attached hydrogen (secondary N) is 2. The van der Waals surface area contributed by atoms with Crippen LogP contribution in [0.15, 0.2) is 24.5 Å². The predicted molar refractivity (Wildman–Crippen MR) is 116 cm³/mol. The molecular formula is C23H31N5O. The van der Waals surface area contributed by atoms with Gasteiger partial charge < -0.3 is 20.6 Å². The van der Waals surface area contributed by atoms with E-state index in [9.17, 15) is 0 Å². The van der Waals surface area contributed by atoms with Gasteiger partial charge >= 0.3 is 0 Å². The maximum absolute atomic E-state index is 9.11. The topological polar surface area (TPSA) is 73.3 Å². The van der Waals surface area contributed by atoms with Gasteiger partial charge in [0.05, 0.1) is 6.61 Å². The summed E-state index contributed by atoms with van der Waals surface area (Å²) in [6, 6.07) is 6.59. The number of aliphatic hydroxyl groups is 1. The molecule has 1 atom stereocenters. The van der Waals surface area contributed by atoms with Gasteiger partial charge in [-0.15, -0.1) is 0 Å². The van der Waals surface area contributed by atoms with Crippen molar-refractivity contribution in [2.24, 2.45) is 0 Å². The van der Waals surface area contributed by atoms with Crippen LogP contribution >= 0.6 is 0 Å². The average Bonchev–Trinajstić information content (AvgIpc) is 3.31. The molecule has 2 aliphatic heterocycles. The van der Waals surface area contributed by atoms with Crippen LogP contribution < -0.4 is 15.5 Å². The van der Waals surface area contributed by atoms with Crippen LogP contribution in [0, 0.1) is 0 Å². The number of aliphatic hydroxyl groups excluding tert-OH is 1. The van der Waals surface area contributed by atoms with Gasteiger partial charge in [-0.1, -0.05) is 19.1 Å². The second-order valence-corrected chi connectivity index (χ2v) is 8.86. The summed E-state index contributed by atoms with van der Waals surface area (Å²) in [5.41, 5.74) is 7.00. The molecular weight excluding hydrogens is 362 g/mol. The van der Waals surface area contributed by atoms with E-state index in [0.717, 1.165) is 45.4 Å². The first-order valence-electron chi connectivity index (χ1n) is 11.0. The average molecular weight is 394 g/mol. The van der Waals surface area contributed by atoms with Gasteiger partial charge in [-0.05, 0) is 48.8 Å². The second kappa shape index (κ2) is 7.58. The highest BCUT2D eigenvalue weighted by Gasteiger charge is 2.43.